The highest BCUT2D eigenvalue weighted by Gasteiger charge is 2.50. The molecular weight excluding hydrogens is 1040 g/mol. The van der Waals surface area contributed by atoms with Gasteiger partial charge in [0.15, 0.2) is 24.6 Å². The first-order valence-electron chi connectivity index (χ1n) is 35.3. The lowest BCUT2D eigenvalue weighted by molar-refractivity contribution is -0.301. The molecule has 0 saturated carbocycles. The summed E-state index contributed by atoms with van der Waals surface area (Å²) in [5.41, 5.74) is 0. The molecule has 12 heteroatoms. The Morgan fingerprint density at radius 3 is 1.11 bits per heavy atom. The fourth-order valence-corrected chi connectivity index (χ4v) is 11.1. The predicted molar refractivity (Wildman–Crippen MR) is 340 cm³/mol. The van der Waals surface area contributed by atoms with Gasteiger partial charge >= 0.3 is 23.9 Å². The molecule has 1 aliphatic heterocycles. The first kappa shape index (κ1) is 78.2. The highest BCUT2D eigenvalue weighted by atomic mass is 16.7. The fourth-order valence-electron chi connectivity index (χ4n) is 11.1. The van der Waals surface area contributed by atoms with E-state index in [4.69, 9.17) is 23.7 Å². The third kappa shape index (κ3) is 48.9. The second-order valence-corrected chi connectivity index (χ2v) is 24.5. The minimum absolute atomic E-state index is 0.0666. The Hall–Kier alpha value is -2.80. The van der Waals surface area contributed by atoms with Crippen LogP contribution in [0.1, 0.15) is 355 Å². The van der Waals surface area contributed by atoms with E-state index in [-0.39, 0.29) is 25.9 Å². The maximum absolute atomic E-state index is 13.2. The molecule has 1 fully saturated rings. The first-order valence-corrected chi connectivity index (χ1v) is 35.3. The predicted octanol–water partition coefficient (Wildman–Crippen LogP) is 19.4. The van der Waals surface area contributed by atoms with Crippen LogP contribution >= 0.6 is 0 Å². The molecule has 0 amide bonds. The van der Waals surface area contributed by atoms with Crippen molar-refractivity contribution in [1.82, 2.24) is 0 Å². The molecule has 6 unspecified atom stereocenters. The number of carbonyl (C=O) groups is 4. The molecule has 83 heavy (non-hydrogen) atoms. The van der Waals surface area contributed by atoms with Gasteiger partial charge in [-0.3, -0.25) is 14.4 Å². The molecule has 3 N–H and O–H groups in total. The van der Waals surface area contributed by atoms with Crippen LogP contribution in [-0.4, -0.2) is 89.2 Å². The Morgan fingerprint density at radius 2 is 0.723 bits per heavy atom. The van der Waals surface area contributed by atoms with E-state index in [1.54, 1.807) is 0 Å². The topological polar surface area (TPSA) is 175 Å². The van der Waals surface area contributed by atoms with Crippen LogP contribution in [0.2, 0.25) is 0 Å². The van der Waals surface area contributed by atoms with Crippen molar-refractivity contribution in [2.45, 2.75) is 391 Å². The summed E-state index contributed by atoms with van der Waals surface area (Å²) < 4.78 is 28.6. The summed E-state index contributed by atoms with van der Waals surface area (Å²) in [7, 11) is 0. The van der Waals surface area contributed by atoms with Gasteiger partial charge in [-0.25, -0.2) is 4.79 Å². The van der Waals surface area contributed by atoms with Crippen molar-refractivity contribution in [1.29, 1.82) is 0 Å². The van der Waals surface area contributed by atoms with Crippen LogP contribution in [0.25, 0.3) is 0 Å². The lowest BCUT2D eigenvalue weighted by Gasteiger charge is -2.40. The van der Waals surface area contributed by atoms with Gasteiger partial charge in [0.2, 0.25) is 0 Å². The largest absolute Gasteiger partial charge is 0.479 e. The summed E-state index contributed by atoms with van der Waals surface area (Å²) in [6.07, 6.45) is 58.5. The van der Waals surface area contributed by atoms with E-state index >= 15 is 0 Å². The van der Waals surface area contributed by atoms with Gasteiger partial charge in [0.25, 0.3) is 0 Å². The number of rotatable bonds is 62. The maximum atomic E-state index is 13.2. The smallest absolute Gasteiger partial charge is 0.335 e. The van der Waals surface area contributed by atoms with Crippen molar-refractivity contribution in [3.05, 3.63) is 24.3 Å². The van der Waals surface area contributed by atoms with Crippen LogP contribution in [0.5, 0.6) is 0 Å². The van der Waals surface area contributed by atoms with Gasteiger partial charge in [0.05, 0.1) is 6.61 Å². The highest BCUT2D eigenvalue weighted by molar-refractivity contribution is 5.74. The van der Waals surface area contributed by atoms with Gasteiger partial charge in [-0.15, -0.1) is 0 Å². The first-order chi connectivity index (χ1) is 40.6. The molecule has 1 aliphatic rings. The number of esters is 3. The zero-order chi connectivity index (χ0) is 60.3. The van der Waals surface area contributed by atoms with Gasteiger partial charge in [-0.1, -0.05) is 308 Å². The SMILES string of the molecule is CCCCC/C=C\C/C=C\CCCCCCCC(=O)OC(COC(=O)CCCCCCCCCCCCCCCCCCCCC)COC1OC(C(=O)O)C(O)C(O)C1OC(=O)CCCCCCCCCCCCCCCCCCCCC. The summed E-state index contributed by atoms with van der Waals surface area (Å²) in [5.74, 6) is -3.09. The quantitative estimate of drug-likeness (QED) is 0.0228. The minimum atomic E-state index is -1.90. The van der Waals surface area contributed by atoms with E-state index in [0.29, 0.717) is 19.3 Å². The van der Waals surface area contributed by atoms with Crippen LogP contribution in [0.3, 0.4) is 0 Å². The normalized spacial score (nSPS) is 17.6. The highest BCUT2D eigenvalue weighted by Crippen LogP contribution is 2.27. The summed E-state index contributed by atoms with van der Waals surface area (Å²) in [4.78, 5) is 51.4. The maximum Gasteiger partial charge on any atom is 0.335 e. The summed E-state index contributed by atoms with van der Waals surface area (Å²) in [6.45, 7) is 6.04. The summed E-state index contributed by atoms with van der Waals surface area (Å²) in [6, 6.07) is 0. The number of carboxylic acids is 1. The number of aliphatic carboxylic acids is 1. The number of carboxylic acid groups (broad SMARTS) is 1. The van der Waals surface area contributed by atoms with Crippen LogP contribution in [0, 0.1) is 0 Å². The van der Waals surface area contributed by atoms with Crippen molar-refractivity contribution < 1.29 is 58.2 Å². The third-order valence-corrected chi connectivity index (χ3v) is 16.5. The molecule has 0 aromatic heterocycles. The van der Waals surface area contributed by atoms with Gasteiger partial charge < -0.3 is 39.0 Å². The van der Waals surface area contributed by atoms with E-state index in [0.717, 1.165) is 83.5 Å². The monoisotopic (exact) mass is 1170 g/mol. The van der Waals surface area contributed by atoms with Crippen molar-refractivity contribution in [3.63, 3.8) is 0 Å². The van der Waals surface area contributed by atoms with Gasteiger partial charge in [0.1, 0.15) is 18.8 Å². The van der Waals surface area contributed by atoms with E-state index in [2.05, 4.69) is 45.1 Å². The number of hydrogen-bond acceptors (Lipinski definition) is 11. The Labute approximate surface area is 508 Å². The van der Waals surface area contributed by atoms with E-state index < -0.39 is 67.3 Å². The number of allylic oxidation sites excluding steroid dienone is 4. The van der Waals surface area contributed by atoms with Gasteiger partial charge in [0, 0.05) is 19.3 Å². The number of carbonyl (C=O) groups excluding carboxylic acids is 3. The molecule has 1 heterocycles. The standard InChI is InChI=1S/C71H130O12/c1-4-7-10-13-16-19-22-25-28-30-32-34-37-39-42-45-48-51-54-57-63(72)79-60-62(81-64(73)58-55-52-49-46-43-40-36-27-24-21-18-15-12-9-6-3)61-80-71-69(67(76)66(75)68(83-71)70(77)78)82-65(74)59-56-53-50-47-44-41-38-35-33-31-29-26-23-20-17-14-11-8-5-2/h18,21,27,36,62,66-69,71,75-76H,4-17,19-20,22-26,28-35,37-61H2,1-3H3,(H,77,78)/b21-18-,36-27-. The van der Waals surface area contributed by atoms with Crippen LogP contribution in [0.15, 0.2) is 24.3 Å². The molecule has 0 bridgehead atoms. The van der Waals surface area contributed by atoms with Crippen molar-refractivity contribution in [2.24, 2.45) is 0 Å². The molecule has 1 saturated heterocycles. The molecule has 486 valence electrons. The number of aliphatic hydroxyl groups excluding tert-OH is 2. The molecular formula is C71H130O12. The second kappa shape index (κ2) is 59.5. The minimum Gasteiger partial charge on any atom is -0.479 e. The lowest BCUT2D eigenvalue weighted by Crippen LogP contribution is -2.61. The van der Waals surface area contributed by atoms with E-state index in [1.165, 1.54) is 212 Å². The molecule has 0 aromatic rings. The van der Waals surface area contributed by atoms with Crippen LogP contribution < -0.4 is 0 Å². The van der Waals surface area contributed by atoms with E-state index in [1.807, 2.05) is 0 Å². The van der Waals surface area contributed by atoms with Crippen LogP contribution in [-0.2, 0) is 42.9 Å². The number of ether oxygens (including phenoxy) is 5. The Bertz CT molecular complexity index is 1530. The number of aliphatic hydroxyl groups is 2. The number of hydrogen-bond donors (Lipinski definition) is 3. The molecule has 0 aromatic carbocycles. The molecule has 1 rings (SSSR count). The number of unbranched alkanes of at least 4 members (excludes halogenated alkanes) is 44. The van der Waals surface area contributed by atoms with Crippen LogP contribution in [0.4, 0.5) is 0 Å². The Balaban J connectivity index is 2.60. The molecule has 0 aliphatic carbocycles. The lowest BCUT2D eigenvalue weighted by atomic mass is 9.98. The van der Waals surface area contributed by atoms with Crippen molar-refractivity contribution in [2.75, 3.05) is 13.2 Å². The second-order valence-electron chi connectivity index (χ2n) is 24.5. The molecule has 6 atom stereocenters. The third-order valence-electron chi connectivity index (χ3n) is 16.5. The Kier molecular flexibility index (Phi) is 56.1. The average molecular weight is 1180 g/mol. The molecule has 0 radical (unpaired) electrons. The average Bonchev–Trinajstić information content (AvgIpc) is 3.60. The van der Waals surface area contributed by atoms with E-state index in [9.17, 15) is 34.5 Å². The summed E-state index contributed by atoms with van der Waals surface area (Å²) in [5, 5.41) is 31.7. The zero-order valence-electron chi connectivity index (χ0n) is 54.0. The van der Waals surface area contributed by atoms with Crippen molar-refractivity contribution >= 4 is 23.9 Å². The molecule has 12 nitrogen and oxygen atoms in total. The van der Waals surface area contributed by atoms with Gasteiger partial charge in [-0.05, 0) is 51.4 Å². The van der Waals surface area contributed by atoms with Crippen molar-refractivity contribution in [3.8, 4) is 0 Å². The van der Waals surface area contributed by atoms with Gasteiger partial charge in [-0.2, -0.15) is 0 Å². The summed E-state index contributed by atoms with van der Waals surface area (Å²) >= 11 is 0. The fraction of sp³-hybridized carbons (Fsp3) is 0.887. The molecule has 0 spiro atoms. The zero-order valence-corrected chi connectivity index (χ0v) is 54.0. The Morgan fingerprint density at radius 1 is 0.398 bits per heavy atom.